The predicted molar refractivity (Wildman–Crippen MR) is 74.8 cm³/mol. The number of hydrogen-bond acceptors (Lipinski definition) is 4. The van der Waals surface area contributed by atoms with Gasteiger partial charge in [-0.3, -0.25) is 9.29 Å². The van der Waals surface area contributed by atoms with E-state index < -0.39 is 6.67 Å². The molecule has 1 saturated heterocycles. The monoisotopic (exact) mass is 290 g/mol. The highest BCUT2D eigenvalue weighted by Crippen LogP contribution is 2.30. The summed E-state index contributed by atoms with van der Waals surface area (Å²) in [6.45, 7) is 3.05. The lowest BCUT2D eigenvalue weighted by atomic mass is 10.0. The topological polar surface area (TPSA) is 55.7 Å². The summed E-state index contributed by atoms with van der Waals surface area (Å²) in [6.07, 6.45) is 0.378. The molecular formula is C13H20ClFN2O2. The minimum atomic E-state index is -0.412. The average Bonchev–Trinajstić information content (AvgIpc) is 2.36. The fourth-order valence-electron chi connectivity index (χ4n) is 2.47. The van der Waals surface area contributed by atoms with Crippen molar-refractivity contribution >= 4 is 12.4 Å². The summed E-state index contributed by atoms with van der Waals surface area (Å²) in [7, 11) is 0. The van der Waals surface area contributed by atoms with Crippen LogP contribution in [0.4, 0.5) is 4.39 Å². The first-order valence-electron chi connectivity index (χ1n) is 6.24. The molecule has 1 aliphatic heterocycles. The molecule has 6 heteroatoms. The first-order valence-corrected chi connectivity index (χ1v) is 6.24. The Kier molecular flexibility index (Phi) is 6.34. The Labute approximate surface area is 118 Å². The third-order valence-corrected chi connectivity index (χ3v) is 3.28. The minimum Gasteiger partial charge on any atom is -0.508 e. The van der Waals surface area contributed by atoms with Gasteiger partial charge in [0.25, 0.3) is 0 Å². The molecule has 0 saturated carbocycles. The second-order valence-corrected chi connectivity index (χ2v) is 4.56. The zero-order valence-corrected chi connectivity index (χ0v) is 11.5. The molecule has 0 aromatic heterocycles. The van der Waals surface area contributed by atoms with Crippen molar-refractivity contribution in [1.29, 1.82) is 0 Å². The predicted octanol–water partition coefficient (Wildman–Crippen LogP) is 1.83. The summed E-state index contributed by atoms with van der Waals surface area (Å²) in [5, 5.41) is 22.3. The number of alkyl halides is 1. The van der Waals surface area contributed by atoms with Gasteiger partial charge in [0, 0.05) is 38.3 Å². The van der Waals surface area contributed by atoms with Crippen LogP contribution in [0.3, 0.4) is 0 Å². The van der Waals surface area contributed by atoms with Crippen molar-refractivity contribution in [3.05, 3.63) is 23.8 Å². The maximum Gasteiger partial charge on any atom is 0.119 e. The van der Waals surface area contributed by atoms with Crippen molar-refractivity contribution < 1.29 is 14.6 Å². The standard InChI is InChI=1S/C13H19FN2O2.ClH/c14-2-1-13(16-5-3-15-4-6-16)10-7-11(17)9-12(18)8-10;/h7-9,13,15,17-18H,1-6H2;1H/t13-;/m1./s1. The van der Waals surface area contributed by atoms with Crippen LogP contribution in [0.5, 0.6) is 11.5 Å². The Hall–Kier alpha value is -1.04. The maximum atomic E-state index is 12.7. The second kappa shape index (κ2) is 7.53. The molecule has 1 fully saturated rings. The van der Waals surface area contributed by atoms with Crippen molar-refractivity contribution in [2.24, 2.45) is 0 Å². The Morgan fingerprint density at radius 2 is 1.74 bits per heavy atom. The van der Waals surface area contributed by atoms with Gasteiger partial charge in [0.1, 0.15) is 11.5 Å². The van der Waals surface area contributed by atoms with Gasteiger partial charge in [-0.1, -0.05) is 0 Å². The van der Waals surface area contributed by atoms with E-state index in [1.54, 1.807) is 12.1 Å². The lowest BCUT2D eigenvalue weighted by Crippen LogP contribution is -2.45. The Balaban J connectivity index is 0.00000180. The number of phenolic OH excluding ortho intramolecular Hbond substituents is 2. The van der Waals surface area contributed by atoms with E-state index in [9.17, 15) is 14.6 Å². The van der Waals surface area contributed by atoms with Crippen LogP contribution >= 0.6 is 12.4 Å². The highest BCUT2D eigenvalue weighted by Gasteiger charge is 2.22. The number of nitrogens with one attached hydrogen (secondary N) is 1. The van der Waals surface area contributed by atoms with E-state index in [1.165, 1.54) is 6.07 Å². The van der Waals surface area contributed by atoms with Crippen LogP contribution in [0, 0.1) is 0 Å². The molecule has 3 N–H and O–H groups in total. The van der Waals surface area contributed by atoms with Gasteiger partial charge in [0.05, 0.1) is 6.67 Å². The van der Waals surface area contributed by atoms with E-state index in [1.807, 2.05) is 0 Å². The van der Waals surface area contributed by atoms with Gasteiger partial charge < -0.3 is 15.5 Å². The molecule has 2 rings (SSSR count). The first kappa shape index (κ1) is 16.0. The van der Waals surface area contributed by atoms with Gasteiger partial charge in [-0.05, 0) is 24.1 Å². The normalized spacial score (nSPS) is 17.7. The molecule has 108 valence electrons. The number of phenols is 2. The molecule has 0 aliphatic carbocycles. The number of halogens is 2. The summed E-state index contributed by atoms with van der Waals surface area (Å²) in [5.74, 6) is 0.0352. The quantitative estimate of drug-likeness (QED) is 0.792. The molecule has 1 aliphatic rings. The summed E-state index contributed by atoms with van der Waals surface area (Å²) in [5.41, 5.74) is 0.770. The highest BCUT2D eigenvalue weighted by molar-refractivity contribution is 5.85. The summed E-state index contributed by atoms with van der Waals surface area (Å²) >= 11 is 0. The first-order chi connectivity index (χ1) is 8.70. The molecule has 0 unspecified atom stereocenters. The SMILES string of the molecule is Cl.Oc1cc(O)cc([C@@H](CCF)N2CCNCC2)c1. The maximum absolute atomic E-state index is 12.7. The molecule has 1 atom stereocenters. The third kappa shape index (κ3) is 4.23. The number of rotatable bonds is 4. The van der Waals surface area contributed by atoms with Gasteiger partial charge >= 0.3 is 0 Å². The molecule has 0 bridgehead atoms. The van der Waals surface area contributed by atoms with Crippen molar-refractivity contribution in [3.8, 4) is 11.5 Å². The van der Waals surface area contributed by atoms with Gasteiger partial charge in [-0.2, -0.15) is 0 Å². The van der Waals surface area contributed by atoms with Crippen LogP contribution in [-0.2, 0) is 0 Å². The molecule has 0 spiro atoms. The summed E-state index contributed by atoms with van der Waals surface area (Å²) < 4.78 is 12.7. The van der Waals surface area contributed by atoms with E-state index in [4.69, 9.17) is 0 Å². The van der Waals surface area contributed by atoms with Crippen LogP contribution in [0.1, 0.15) is 18.0 Å². The zero-order chi connectivity index (χ0) is 13.0. The zero-order valence-electron chi connectivity index (χ0n) is 10.7. The minimum absolute atomic E-state index is 0. The molecule has 4 nitrogen and oxygen atoms in total. The smallest absolute Gasteiger partial charge is 0.119 e. The summed E-state index contributed by atoms with van der Waals surface area (Å²) in [6, 6.07) is 4.40. The van der Waals surface area contributed by atoms with Crippen LogP contribution in [0.25, 0.3) is 0 Å². The van der Waals surface area contributed by atoms with Gasteiger partial charge in [-0.15, -0.1) is 12.4 Å². The fraction of sp³-hybridized carbons (Fsp3) is 0.538. The van der Waals surface area contributed by atoms with Gasteiger partial charge in [0.15, 0.2) is 0 Å². The largest absolute Gasteiger partial charge is 0.508 e. The number of aromatic hydroxyl groups is 2. The second-order valence-electron chi connectivity index (χ2n) is 4.56. The molecule has 1 heterocycles. The van der Waals surface area contributed by atoms with E-state index in [0.29, 0.717) is 6.42 Å². The average molecular weight is 291 g/mol. The fourth-order valence-corrected chi connectivity index (χ4v) is 2.47. The van der Waals surface area contributed by atoms with Crippen LogP contribution in [0.15, 0.2) is 18.2 Å². The van der Waals surface area contributed by atoms with Crippen molar-refractivity contribution in [2.75, 3.05) is 32.9 Å². The molecule has 0 amide bonds. The number of nitrogens with zero attached hydrogens (tertiary/aromatic N) is 1. The third-order valence-electron chi connectivity index (χ3n) is 3.28. The molecule has 0 radical (unpaired) electrons. The number of piperazine rings is 1. The van der Waals surface area contributed by atoms with E-state index in [2.05, 4.69) is 10.2 Å². The summed E-state index contributed by atoms with van der Waals surface area (Å²) in [4.78, 5) is 2.18. The van der Waals surface area contributed by atoms with Crippen molar-refractivity contribution in [1.82, 2.24) is 10.2 Å². The van der Waals surface area contributed by atoms with Crippen molar-refractivity contribution in [3.63, 3.8) is 0 Å². The Morgan fingerprint density at radius 3 is 2.26 bits per heavy atom. The Bertz CT molecular complexity index is 380. The highest BCUT2D eigenvalue weighted by atomic mass is 35.5. The van der Waals surface area contributed by atoms with Crippen LogP contribution < -0.4 is 5.32 Å². The molecule has 19 heavy (non-hydrogen) atoms. The van der Waals surface area contributed by atoms with E-state index >= 15 is 0 Å². The van der Waals surface area contributed by atoms with Gasteiger partial charge in [0.2, 0.25) is 0 Å². The molecule has 1 aromatic rings. The van der Waals surface area contributed by atoms with Crippen LogP contribution in [-0.4, -0.2) is 48.0 Å². The van der Waals surface area contributed by atoms with E-state index in [-0.39, 0.29) is 29.9 Å². The number of benzene rings is 1. The van der Waals surface area contributed by atoms with Gasteiger partial charge in [-0.25, -0.2) is 0 Å². The van der Waals surface area contributed by atoms with E-state index in [0.717, 1.165) is 31.7 Å². The molecular weight excluding hydrogens is 271 g/mol. The lowest BCUT2D eigenvalue weighted by molar-refractivity contribution is 0.157. The van der Waals surface area contributed by atoms with Crippen LogP contribution in [0.2, 0.25) is 0 Å². The molecule has 1 aromatic carbocycles. The lowest BCUT2D eigenvalue weighted by Gasteiger charge is -2.35. The Morgan fingerprint density at radius 1 is 1.16 bits per heavy atom. The van der Waals surface area contributed by atoms with Crippen molar-refractivity contribution in [2.45, 2.75) is 12.5 Å². The number of hydrogen-bond donors (Lipinski definition) is 3.